The van der Waals surface area contributed by atoms with E-state index in [4.69, 9.17) is 21.7 Å². The van der Waals surface area contributed by atoms with E-state index in [2.05, 4.69) is 20.0 Å². The minimum absolute atomic E-state index is 0.0738. The molecule has 1 aromatic heterocycles. The van der Waals surface area contributed by atoms with Crippen molar-refractivity contribution in [1.82, 2.24) is 9.97 Å². The molecule has 0 saturated carbocycles. The van der Waals surface area contributed by atoms with Crippen molar-refractivity contribution in [1.29, 1.82) is 0 Å². The number of rotatable bonds is 5. The summed E-state index contributed by atoms with van der Waals surface area (Å²) in [5.74, 6) is 0.662. The van der Waals surface area contributed by atoms with Gasteiger partial charge < -0.3 is 16.2 Å². The summed E-state index contributed by atoms with van der Waals surface area (Å²) in [6.07, 6.45) is 0. The van der Waals surface area contributed by atoms with Gasteiger partial charge in [0.15, 0.2) is 0 Å². The van der Waals surface area contributed by atoms with Crippen LogP contribution in [0.15, 0.2) is 35.4 Å². The Morgan fingerprint density at radius 2 is 1.85 bits per heavy atom. The Bertz CT molecular complexity index is 615. The summed E-state index contributed by atoms with van der Waals surface area (Å²) < 4.78 is 5.48. The van der Waals surface area contributed by atoms with Crippen LogP contribution in [0.5, 0.6) is 5.88 Å². The minimum atomic E-state index is 0.0738. The van der Waals surface area contributed by atoms with Crippen LogP contribution in [0.1, 0.15) is 11.1 Å². The molecule has 0 saturated heterocycles. The lowest BCUT2D eigenvalue weighted by Gasteiger charge is -2.07. The summed E-state index contributed by atoms with van der Waals surface area (Å²) >= 11 is 0. The Kier molecular flexibility index (Phi) is 4.21. The number of nitrogen functional groups attached to an aromatic ring is 2. The number of benzene rings is 1. The van der Waals surface area contributed by atoms with Gasteiger partial charge in [0, 0.05) is 11.0 Å². The maximum Gasteiger partial charge on any atom is 0.225 e. The highest BCUT2D eigenvalue weighted by molar-refractivity contribution is 5.38. The molecule has 2 aromatic rings. The number of nitrogens with two attached hydrogens (primary N) is 2. The Labute approximate surface area is 115 Å². The summed E-state index contributed by atoms with van der Waals surface area (Å²) in [6, 6.07) is 9.02. The molecule has 0 spiro atoms. The quantitative estimate of drug-likeness (QED) is 0.487. The molecule has 0 bridgehead atoms. The number of hydrogen-bond acceptors (Lipinski definition) is 6. The predicted octanol–water partition coefficient (Wildman–Crippen LogP) is 2.03. The standard InChI is InChI=1S/C12H13N7O/c13-10-5-11(18-12(14)17-10)20-7-9-3-1-8(2-4-9)6-16-19-15/h1-5H,6-7H2,(H4,13,14,17,18). The first-order valence-electron chi connectivity index (χ1n) is 5.79. The van der Waals surface area contributed by atoms with E-state index in [0.717, 1.165) is 11.1 Å². The highest BCUT2D eigenvalue weighted by atomic mass is 16.5. The second kappa shape index (κ2) is 6.26. The van der Waals surface area contributed by atoms with Gasteiger partial charge in [-0.25, -0.2) is 0 Å². The molecule has 1 heterocycles. The van der Waals surface area contributed by atoms with Crippen molar-refractivity contribution < 1.29 is 4.74 Å². The van der Waals surface area contributed by atoms with Crippen molar-refractivity contribution >= 4 is 11.8 Å². The van der Waals surface area contributed by atoms with Crippen molar-refractivity contribution in [3.8, 4) is 5.88 Å². The molecule has 0 aliphatic rings. The maximum absolute atomic E-state index is 8.24. The van der Waals surface area contributed by atoms with Crippen LogP contribution in [0.25, 0.3) is 10.4 Å². The summed E-state index contributed by atoms with van der Waals surface area (Å²) in [7, 11) is 0. The third kappa shape index (κ3) is 3.76. The highest BCUT2D eigenvalue weighted by Gasteiger charge is 2.01. The van der Waals surface area contributed by atoms with E-state index in [1.165, 1.54) is 6.07 Å². The van der Waals surface area contributed by atoms with Crippen molar-refractivity contribution in [2.24, 2.45) is 5.11 Å². The van der Waals surface area contributed by atoms with Gasteiger partial charge in [-0.1, -0.05) is 29.4 Å². The first-order valence-corrected chi connectivity index (χ1v) is 5.79. The van der Waals surface area contributed by atoms with E-state index >= 15 is 0 Å². The normalized spacial score (nSPS) is 9.80. The average molecular weight is 271 g/mol. The zero-order valence-corrected chi connectivity index (χ0v) is 10.6. The summed E-state index contributed by atoms with van der Waals surface area (Å²) in [5, 5.41) is 3.49. The monoisotopic (exact) mass is 271 g/mol. The summed E-state index contributed by atoms with van der Waals surface area (Å²) in [6.45, 7) is 0.661. The van der Waals surface area contributed by atoms with Gasteiger partial charge in [-0.3, -0.25) is 0 Å². The molecule has 8 heteroatoms. The van der Waals surface area contributed by atoms with Crippen molar-refractivity contribution in [3.05, 3.63) is 51.9 Å². The predicted molar refractivity (Wildman–Crippen MR) is 74.5 cm³/mol. The molecular formula is C12H13N7O. The topological polar surface area (TPSA) is 136 Å². The van der Waals surface area contributed by atoms with Crippen LogP contribution in [0.2, 0.25) is 0 Å². The number of hydrogen-bond donors (Lipinski definition) is 2. The molecule has 0 unspecified atom stereocenters. The first kappa shape index (κ1) is 13.4. The number of anilines is 2. The van der Waals surface area contributed by atoms with Crippen LogP contribution in [-0.2, 0) is 13.2 Å². The van der Waals surface area contributed by atoms with E-state index in [9.17, 15) is 0 Å². The Balaban J connectivity index is 1.98. The molecule has 0 aliphatic heterocycles. The third-order valence-electron chi connectivity index (χ3n) is 2.47. The molecule has 0 fully saturated rings. The van der Waals surface area contributed by atoms with Gasteiger partial charge in [0.2, 0.25) is 11.8 Å². The Morgan fingerprint density at radius 1 is 1.15 bits per heavy atom. The van der Waals surface area contributed by atoms with E-state index in [-0.39, 0.29) is 11.8 Å². The van der Waals surface area contributed by atoms with Gasteiger partial charge in [-0.05, 0) is 16.7 Å². The number of ether oxygens (including phenoxy) is 1. The van der Waals surface area contributed by atoms with E-state index in [0.29, 0.717) is 19.0 Å². The first-order chi connectivity index (χ1) is 9.67. The Morgan fingerprint density at radius 3 is 2.50 bits per heavy atom. The van der Waals surface area contributed by atoms with Gasteiger partial charge >= 0.3 is 0 Å². The molecule has 102 valence electrons. The number of azide groups is 1. The summed E-state index contributed by atoms with van der Waals surface area (Å²) in [4.78, 5) is 10.4. The van der Waals surface area contributed by atoms with Gasteiger partial charge in [0.1, 0.15) is 12.4 Å². The largest absolute Gasteiger partial charge is 0.473 e. The Hall–Kier alpha value is -2.99. The molecule has 0 atom stereocenters. The fourth-order valence-corrected chi connectivity index (χ4v) is 1.55. The molecule has 20 heavy (non-hydrogen) atoms. The lowest BCUT2D eigenvalue weighted by Crippen LogP contribution is -2.03. The molecule has 4 N–H and O–H groups in total. The lowest BCUT2D eigenvalue weighted by atomic mass is 10.1. The number of aromatic nitrogens is 2. The fourth-order valence-electron chi connectivity index (χ4n) is 1.55. The van der Waals surface area contributed by atoms with E-state index in [1.807, 2.05) is 24.3 Å². The van der Waals surface area contributed by atoms with Crippen LogP contribution >= 0.6 is 0 Å². The van der Waals surface area contributed by atoms with Crippen LogP contribution < -0.4 is 16.2 Å². The molecule has 0 amide bonds. The van der Waals surface area contributed by atoms with Crippen molar-refractivity contribution in [2.45, 2.75) is 13.2 Å². The average Bonchev–Trinajstić information content (AvgIpc) is 2.43. The molecule has 0 aliphatic carbocycles. The van der Waals surface area contributed by atoms with Crippen LogP contribution in [-0.4, -0.2) is 9.97 Å². The second-order valence-corrected chi connectivity index (χ2v) is 3.98. The number of nitrogens with zero attached hydrogens (tertiary/aromatic N) is 5. The van der Waals surface area contributed by atoms with Gasteiger partial charge in [-0.2, -0.15) is 9.97 Å². The van der Waals surface area contributed by atoms with Gasteiger partial charge in [-0.15, -0.1) is 0 Å². The van der Waals surface area contributed by atoms with Crippen LogP contribution in [0.3, 0.4) is 0 Å². The van der Waals surface area contributed by atoms with Gasteiger partial charge in [0.05, 0.1) is 6.54 Å². The van der Waals surface area contributed by atoms with E-state index in [1.54, 1.807) is 0 Å². The van der Waals surface area contributed by atoms with Crippen molar-refractivity contribution in [3.63, 3.8) is 0 Å². The van der Waals surface area contributed by atoms with Crippen LogP contribution in [0, 0.1) is 0 Å². The third-order valence-corrected chi connectivity index (χ3v) is 2.47. The minimum Gasteiger partial charge on any atom is -0.473 e. The van der Waals surface area contributed by atoms with Crippen LogP contribution in [0.4, 0.5) is 11.8 Å². The second-order valence-electron chi connectivity index (χ2n) is 3.98. The molecule has 8 nitrogen and oxygen atoms in total. The maximum atomic E-state index is 8.24. The smallest absolute Gasteiger partial charge is 0.225 e. The lowest BCUT2D eigenvalue weighted by molar-refractivity contribution is 0.294. The summed E-state index contributed by atoms with van der Waals surface area (Å²) in [5.41, 5.74) is 21.1. The zero-order chi connectivity index (χ0) is 14.4. The molecule has 1 aromatic carbocycles. The fraction of sp³-hybridized carbons (Fsp3) is 0.167. The van der Waals surface area contributed by atoms with E-state index < -0.39 is 0 Å². The molecular weight excluding hydrogens is 258 g/mol. The molecule has 2 rings (SSSR count). The highest BCUT2D eigenvalue weighted by Crippen LogP contribution is 2.14. The zero-order valence-electron chi connectivity index (χ0n) is 10.6. The van der Waals surface area contributed by atoms with Gasteiger partial charge in [0.25, 0.3) is 0 Å². The molecule has 0 radical (unpaired) electrons. The van der Waals surface area contributed by atoms with Crippen molar-refractivity contribution in [2.75, 3.05) is 11.5 Å². The SMILES string of the molecule is [N-]=[N+]=NCc1ccc(COc2cc(N)nc(N)n2)cc1.